The first-order valence-electron chi connectivity index (χ1n) is 9.08. The molecule has 1 aromatic heterocycles. The summed E-state index contributed by atoms with van der Waals surface area (Å²) >= 11 is 0. The topological polar surface area (TPSA) is 70.5 Å². The third kappa shape index (κ3) is 4.55. The molecule has 1 aromatic carbocycles. The number of hydrogen-bond acceptors (Lipinski definition) is 4. The number of para-hydroxylation sites is 1. The SMILES string of the molecule is CC(=O)N1CCN(c2cccc3c2ncn3C(=O)NCCCC(F)(F)F)CC1. The number of nitrogens with zero attached hydrogens (tertiary/aromatic N) is 4. The second kappa shape index (κ2) is 8.07. The fourth-order valence-electron chi connectivity index (χ4n) is 3.27. The fraction of sp³-hybridized carbons (Fsp3) is 0.500. The molecule has 0 atom stereocenters. The van der Waals surface area contributed by atoms with Gasteiger partial charge in [0, 0.05) is 46.1 Å². The lowest BCUT2D eigenvalue weighted by Crippen LogP contribution is -2.48. The Kier molecular flexibility index (Phi) is 5.76. The third-order valence-electron chi connectivity index (χ3n) is 4.75. The summed E-state index contributed by atoms with van der Waals surface area (Å²) < 4.78 is 37.9. The molecule has 2 heterocycles. The zero-order chi connectivity index (χ0) is 20.3. The molecule has 1 aliphatic rings. The van der Waals surface area contributed by atoms with Crippen molar-refractivity contribution in [1.82, 2.24) is 19.8 Å². The second-order valence-electron chi connectivity index (χ2n) is 6.70. The van der Waals surface area contributed by atoms with Crippen molar-refractivity contribution in [2.75, 3.05) is 37.6 Å². The lowest BCUT2D eigenvalue weighted by molar-refractivity contribution is -0.135. The number of imidazole rings is 1. The van der Waals surface area contributed by atoms with Crippen LogP contribution in [-0.2, 0) is 4.79 Å². The zero-order valence-corrected chi connectivity index (χ0v) is 15.5. The molecular weight excluding hydrogens is 375 g/mol. The lowest BCUT2D eigenvalue weighted by Gasteiger charge is -2.35. The number of piperazine rings is 1. The summed E-state index contributed by atoms with van der Waals surface area (Å²) in [5.41, 5.74) is 2.09. The van der Waals surface area contributed by atoms with Crippen LogP contribution >= 0.6 is 0 Å². The molecule has 7 nitrogen and oxygen atoms in total. The van der Waals surface area contributed by atoms with Gasteiger partial charge in [0.05, 0.1) is 11.2 Å². The summed E-state index contributed by atoms with van der Waals surface area (Å²) in [5, 5.41) is 2.49. The Balaban J connectivity index is 1.69. The predicted molar refractivity (Wildman–Crippen MR) is 98.3 cm³/mol. The lowest BCUT2D eigenvalue weighted by atomic mass is 10.2. The zero-order valence-electron chi connectivity index (χ0n) is 15.5. The summed E-state index contributed by atoms with van der Waals surface area (Å²) in [7, 11) is 0. The van der Waals surface area contributed by atoms with Gasteiger partial charge in [-0.05, 0) is 18.6 Å². The number of carbonyl (C=O) groups excluding carboxylic acids is 2. The molecule has 1 saturated heterocycles. The van der Waals surface area contributed by atoms with Crippen molar-refractivity contribution in [3.63, 3.8) is 0 Å². The maximum absolute atomic E-state index is 12.3. The molecule has 1 fully saturated rings. The van der Waals surface area contributed by atoms with Crippen molar-refractivity contribution in [2.45, 2.75) is 25.9 Å². The van der Waals surface area contributed by atoms with Crippen LogP contribution in [0, 0.1) is 0 Å². The first kappa shape index (κ1) is 20.0. The van der Waals surface area contributed by atoms with Crippen LogP contribution in [0.5, 0.6) is 0 Å². The largest absolute Gasteiger partial charge is 0.389 e. The van der Waals surface area contributed by atoms with Crippen molar-refractivity contribution in [1.29, 1.82) is 0 Å². The number of amides is 2. The molecule has 0 aliphatic carbocycles. The minimum atomic E-state index is -4.23. The van der Waals surface area contributed by atoms with Crippen molar-refractivity contribution >= 4 is 28.7 Å². The van der Waals surface area contributed by atoms with Gasteiger partial charge < -0.3 is 15.1 Å². The number of rotatable bonds is 4. The summed E-state index contributed by atoms with van der Waals surface area (Å²) in [6.45, 7) is 4.04. The number of alkyl halides is 3. The fourth-order valence-corrected chi connectivity index (χ4v) is 3.27. The van der Waals surface area contributed by atoms with Gasteiger partial charge in [-0.3, -0.25) is 9.36 Å². The van der Waals surface area contributed by atoms with Gasteiger partial charge in [-0.15, -0.1) is 0 Å². The van der Waals surface area contributed by atoms with Gasteiger partial charge in [-0.1, -0.05) is 6.07 Å². The number of carbonyl (C=O) groups is 2. The average molecular weight is 397 g/mol. The Bertz CT molecular complexity index is 857. The van der Waals surface area contributed by atoms with Crippen LogP contribution in [0.2, 0.25) is 0 Å². The summed E-state index contributed by atoms with van der Waals surface area (Å²) in [6.07, 6.45) is -3.96. The second-order valence-corrected chi connectivity index (χ2v) is 6.70. The molecule has 2 aromatic rings. The molecule has 0 bridgehead atoms. The molecule has 0 spiro atoms. The highest BCUT2D eigenvalue weighted by atomic mass is 19.4. The Labute approximate surface area is 160 Å². The van der Waals surface area contributed by atoms with E-state index in [9.17, 15) is 22.8 Å². The van der Waals surface area contributed by atoms with Crippen molar-refractivity contribution in [2.24, 2.45) is 0 Å². The normalized spacial score (nSPS) is 15.1. The highest BCUT2D eigenvalue weighted by molar-refractivity contribution is 5.95. The van der Waals surface area contributed by atoms with E-state index in [-0.39, 0.29) is 18.9 Å². The van der Waals surface area contributed by atoms with Crippen molar-refractivity contribution in [3.8, 4) is 0 Å². The average Bonchev–Trinajstić information content (AvgIpc) is 3.08. The van der Waals surface area contributed by atoms with Gasteiger partial charge in [0.15, 0.2) is 0 Å². The first-order valence-corrected chi connectivity index (χ1v) is 9.08. The Morgan fingerprint density at radius 2 is 1.89 bits per heavy atom. The predicted octanol–water partition coefficient (Wildman–Crippen LogP) is 2.61. The highest BCUT2D eigenvalue weighted by Crippen LogP contribution is 2.26. The van der Waals surface area contributed by atoms with Crippen molar-refractivity contribution < 1.29 is 22.8 Å². The standard InChI is InChI=1S/C18H22F3N5O2/c1-13(27)24-8-10-25(11-9-24)14-4-2-5-15-16(14)23-12-26(15)17(28)22-7-3-6-18(19,20)21/h2,4-5,12H,3,6-11H2,1H3,(H,22,28). The Morgan fingerprint density at radius 1 is 1.18 bits per heavy atom. The van der Waals surface area contributed by atoms with Gasteiger partial charge in [-0.25, -0.2) is 9.78 Å². The monoisotopic (exact) mass is 397 g/mol. The molecule has 2 amide bonds. The quantitative estimate of drug-likeness (QED) is 0.806. The van der Waals surface area contributed by atoms with E-state index in [0.29, 0.717) is 37.2 Å². The molecule has 3 rings (SSSR count). The van der Waals surface area contributed by atoms with Crippen LogP contribution < -0.4 is 10.2 Å². The number of nitrogens with one attached hydrogen (secondary N) is 1. The summed E-state index contributed by atoms with van der Waals surface area (Å²) in [4.78, 5) is 32.0. The maximum atomic E-state index is 12.3. The molecule has 10 heteroatoms. The molecule has 0 radical (unpaired) electrons. The van der Waals surface area contributed by atoms with Crippen LogP contribution in [0.3, 0.4) is 0 Å². The number of hydrogen-bond donors (Lipinski definition) is 1. The van der Waals surface area contributed by atoms with E-state index in [0.717, 1.165) is 5.69 Å². The van der Waals surface area contributed by atoms with Crippen molar-refractivity contribution in [3.05, 3.63) is 24.5 Å². The van der Waals surface area contributed by atoms with E-state index in [1.807, 2.05) is 12.1 Å². The van der Waals surface area contributed by atoms with Crippen LogP contribution in [0.15, 0.2) is 24.5 Å². The van der Waals surface area contributed by atoms with Crippen LogP contribution in [0.25, 0.3) is 11.0 Å². The van der Waals surface area contributed by atoms with E-state index in [1.54, 1.807) is 17.9 Å². The minimum absolute atomic E-state index is 0.0457. The van der Waals surface area contributed by atoms with E-state index in [1.165, 1.54) is 10.9 Å². The van der Waals surface area contributed by atoms with E-state index >= 15 is 0 Å². The molecule has 1 N–H and O–H groups in total. The number of benzene rings is 1. The molecule has 152 valence electrons. The van der Waals surface area contributed by atoms with Crippen LogP contribution in [-0.4, -0.2) is 65.3 Å². The number of fused-ring (bicyclic) bond motifs is 1. The molecule has 28 heavy (non-hydrogen) atoms. The van der Waals surface area contributed by atoms with E-state index in [2.05, 4.69) is 15.2 Å². The van der Waals surface area contributed by atoms with Crippen LogP contribution in [0.1, 0.15) is 19.8 Å². The Hall–Kier alpha value is -2.78. The van der Waals surface area contributed by atoms with Crippen LogP contribution in [0.4, 0.5) is 23.7 Å². The van der Waals surface area contributed by atoms with Gasteiger partial charge in [0.25, 0.3) is 0 Å². The molecule has 0 unspecified atom stereocenters. The number of aromatic nitrogens is 2. The van der Waals surface area contributed by atoms with Gasteiger partial charge in [0.1, 0.15) is 11.8 Å². The third-order valence-corrected chi connectivity index (χ3v) is 4.75. The van der Waals surface area contributed by atoms with E-state index in [4.69, 9.17) is 0 Å². The number of anilines is 1. The van der Waals surface area contributed by atoms with Gasteiger partial charge >= 0.3 is 12.2 Å². The maximum Gasteiger partial charge on any atom is 0.389 e. The minimum Gasteiger partial charge on any atom is -0.366 e. The van der Waals surface area contributed by atoms with Gasteiger partial charge in [-0.2, -0.15) is 13.2 Å². The smallest absolute Gasteiger partial charge is 0.366 e. The molecule has 0 saturated carbocycles. The Morgan fingerprint density at radius 3 is 2.54 bits per heavy atom. The van der Waals surface area contributed by atoms with Gasteiger partial charge in [0.2, 0.25) is 5.91 Å². The molecular formula is C18H22F3N5O2. The summed E-state index contributed by atoms with van der Waals surface area (Å²) in [6, 6.07) is 4.95. The number of halogens is 3. The first-order chi connectivity index (χ1) is 13.3. The molecule has 1 aliphatic heterocycles. The highest BCUT2D eigenvalue weighted by Gasteiger charge is 2.26. The van der Waals surface area contributed by atoms with E-state index < -0.39 is 18.6 Å². The summed E-state index contributed by atoms with van der Waals surface area (Å²) in [5.74, 6) is 0.0457.